The molecule has 1 N–H and O–H groups in total. The van der Waals surface area contributed by atoms with Crippen LogP contribution in [0.25, 0.3) is 0 Å². The minimum Gasteiger partial charge on any atom is -0.354 e. The Balaban J connectivity index is 2.04. The number of nitrogens with zero attached hydrogens (tertiary/aromatic N) is 2. The number of carbonyl (C=O) groups excluding carboxylic acids is 2. The van der Waals surface area contributed by atoms with E-state index in [2.05, 4.69) is 5.32 Å². The average molecular weight is 591 g/mol. The van der Waals surface area contributed by atoms with Crippen LogP contribution in [0.3, 0.4) is 0 Å². The van der Waals surface area contributed by atoms with Crippen molar-refractivity contribution in [1.29, 1.82) is 0 Å². The molecule has 1 unspecified atom stereocenters. The van der Waals surface area contributed by atoms with Crippen LogP contribution in [0.5, 0.6) is 0 Å². The lowest BCUT2D eigenvalue weighted by atomic mass is 10.0. The molecule has 208 valence electrons. The van der Waals surface area contributed by atoms with Gasteiger partial charge < -0.3 is 10.2 Å². The first-order valence-corrected chi connectivity index (χ1v) is 15.3. The van der Waals surface area contributed by atoms with E-state index in [1.165, 1.54) is 23.1 Å². The van der Waals surface area contributed by atoms with Gasteiger partial charge in [0.05, 0.1) is 17.0 Å². The molecule has 0 saturated carbocycles. The average Bonchev–Trinajstić information content (AvgIpc) is 2.91. The fraction of sp³-hybridized carbons (Fsp3) is 0.310. The number of halogens is 2. The summed E-state index contributed by atoms with van der Waals surface area (Å²) in [4.78, 5) is 29.0. The zero-order valence-corrected chi connectivity index (χ0v) is 24.3. The van der Waals surface area contributed by atoms with Crippen molar-refractivity contribution in [2.45, 2.75) is 38.8 Å². The number of amides is 2. The molecular weight excluding hydrogens is 557 g/mol. The fourth-order valence-electron chi connectivity index (χ4n) is 4.11. The van der Waals surface area contributed by atoms with Crippen LogP contribution >= 0.6 is 23.2 Å². The third kappa shape index (κ3) is 8.98. The minimum absolute atomic E-state index is 0.0895. The number of anilines is 1. The van der Waals surface area contributed by atoms with Gasteiger partial charge in [0.15, 0.2) is 0 Å². The molecule has 3 rings (SSSR count). The van der Waals surface area contributed by atoms with E-state index in [0.29, 0.717) is 6.54 Å². The molecule has 7 nitrogen and oxygen atoms in total. The van der Waals surface area contributed by atoms with Gasteiger partial charge in [-0.05, 0) is 35.7 Å². The maximum absolute atomic E-state index is 14.0. The lowest BCUT2D eigenvalue weighted by Gasteiger charge is -2.33. The Kier molecular flexibility index (Phi) is 11.2. The van der Waals surface area contributed by atoms with Gasteiger partial charge in [0.2, 0.25) is 21.8 Å². The quantitative estimate of drug-likeness (QED) is 0.273. The van der Waals surface area contributed by atoms with Crippen molar-refractivity contribution in [3.8, 4) is 0 Å². The number of hydrogen-bond acceptors (Lipinski definition) is 4. The van der Waals surface area contributed by atoms with Gasteiger partial charge in [-0.15, -0.1) is 0 Å². The molecule has 0 aromatic heterocycles. The number of nitrogens with one attached hydrogen (secondary N) is 1. The van der Waals surface area contributed by atoms with E-state index in [0.717, 1.165) is 34.5 Å². The van der Waals surface area contributed by atoms with Crippen molar-refractivity contribution in [1.82, 2.24) is 10.2 Å². The highest BCUT2D eigenvalue weighted by Crippen LogP contribution is 2.31. The molecule has 0 radical (unpaired) electrons. The van der Waals surface area contributed by atoms with Crippen LogP contribution in [0.15, 0.2) is 78.9 Å². The van der Waals surface area contributed by atoms with Crippen LogP contribution < -0.4 is 9.62 Å². The summed E-state index contributed by atoms with van der Waals surface area (Å²) in [6.07, 6.45) is 2.96. The van der Waals surface area contributed by atoms with Crippen molar-refractivity contribution in [2.75, 3.05) is 23.7 Å². The predicted octanol–water partition coefficient (Wildman–Crippen LogP) is 5.32. The number of unbranched alkanes of at least 4 members (excludes halogenated alkanes) is 1. The van der Waals surface area contributed by atoms with E-state index >= 15 is 0 Å². The number of benzene rings is 3. The van der Waals surface area contributed by atoms with Crippen LogP contribution in [0.1, 0.15) is 30.9 Å². The lowest BCUT2D eigenvalue weighted by molar-refractivity contribution is -0.140. The van der Waals surface area contributed by atoms with E-state index in [4.69, 9.17) is 23.2 Å². The summed E-state index contributed by atoms with van der Waals surface area (Å²) in [7, 11) is -3.94. The van der Waals surface area contributed by atoms with E-state index in [1.54, 1.807) is 0 Å². The number of sulfonamides is 1. The van der Waals surface area contributed by atoms with E-state index in [-0.39, 0.29) is 34.6 Å². The van der Waals surface area contributed by atoms with Crippen molar-refractivity contribution in [3.05, 3.63) is 100 Å². The summed E-state index contributed by atoms with van der Waals surface area (Å²) in [6.45, 7) is 2.06. The highest BCUT2D eigenvalue weighted by atomic mass is 35.5. The molecule has 2 amide bonds. The smallest absolute Gasteiger partial charge is 0.244 e. The Morgan fingerprint density at radius 3 is 2.13 bits per heavy atom. The van der Waals surface area contributed by atoms with Crippen molar-refractivity contribution >= 4 is 50.7 Å². The molecule has 0 aliphatic carbocycles. The largest absolute Gasteiger partial charge is 0.354 e. The normalized spacial score (nSPS) is 12.0. The molecule has 3 aromatic rings. The zero-order valence-electron chi connectivity index (χ0n) is 22.0. The van der Waals surface area contributed by atoms with Gasteiger partial charge in [-0.25, -0.2) is 8.42 Å². The summed E-state index contributed by atoms with van der Waals surface area (Å²) in [5, 5.41) is 3.36. The predicted molar refractivity (Wildman–Crippen MR) is 157 cm³/mol. The van der Waals surface area contributed by atoms with Crippen LogP contribution in [0, 0.1) is 0 Å². The summed E-state index contributed by atoms with van der Waals surface area (Å²) in [5.74, 6) is -0.852. The Hall–Kier alpha value is -3.07. The summed E-state index contributed by atoms with van der Waals surface area (Å²) in [6, 6.07) is 22.2. The first-order chi connectivity index (χ1) is 18.6. The molecule has 0 fully saturated rings. The first-order valence-electron chi connectivity index (χ1n) is 12.7. The van der Waals surface area contributed by atoms with Crippen LogP contribution in [-0.4, -0.2) is 50.5 Å². The Morgan fingerprint density at radius 1 is 0.923 bits per heavy atom. The zero-order chi connectivity index (χ0) is 28.4. The van der Waals surface area contributed by atoms with Gasteiger partial charge in [-0.2, -0.15) is 0 Å². The van der Waals surface area contributed by atoms with Gasteiger partial charge in [0.1, 0.15) is 12.6 Å². The summed E-state index contributed by atoms with van der Waals surface area (Å²) >= 11 is 12.5. The molecule has 0 bridgehead atoms. The molecule has 3 aromatic carbocycles. The molecular formula is C29H33Cl2N3O4S. The van der Waals surface area contributed by atoms with Crippen molar-refractivity contribution in [3.63, 3.8) is 0 Å². The third-order valence-electron chi connectivity index (χ3n) is 6.15. The molecule has 0 aliphatic rings. The summed E-state index contributed by atoms with van der Waals surface area (Å²) in [5.41, 5.74) is 1.76. The van der Waals surface area contributed by atoms with E-state index < -0.39 is 28.5 Å². The molecule has 0 heterocycles. The minimum atomic E-state index is -3.94. The monoisotopic (exact) mass is 589 g/mol. The molecule has 1 atom stereocenters. The van der Waals surface area contributed by atoms with E-state index in [1.807, 2.05) is 67.6 Å². The van der Waals surface area contributed by atoms with Gasteiger partial charge in [-0.1, -0.05) is 97.2 Å². The van der Waals surface area contributed by atoms with Crippen LogP contribution in [-0.2, 0) is 32.6 Å². The second-order valence-electron chi connectivity index (χ2n) is 9.22. The van der Waals surface area contributed by atoms with Gasteiger partial charge in [0, 0.05) is 24.5 Å². The van der Waals surface area contributed by atoms with Gasteiger partial charge in [-0.3, -0.25) is 13.9 Å². The molecule has 39 heavy (non-hydrogen) atoms. The topological polar surface area (TPSA) is 86.8 Å². The number of rotatable bonds is 13. The highest BCUT2D eigenvalue weighted by molar-refractivity contribution is 7.92. The van der Waals surface area contributed by atoms with E-state index in [9.17, 15) is 18.0 Å². The number of carbonyl (C=O) groups is 2. The Bertz CT molecular complexity index is 1360. The maximum atomic E-state index is 14.0. The van der Waals surface area contributed by atoms with Crippen LogP contribution in [0.2, 0.25) is 10.0 Å². The van der Waals surface area contributed by atoms with Crippen molar-refractivity contribution < 1.29 is 18.0 Å². The van der Waals surface area contributed by atoms with Crippen molar-refractivity contribution in [2.24, 2.45) is 0 Å². The summed E-state index contributed by atoms with van der Waals surface area (Å²) < 4.78 is 26.6. The number of hydrogen-bond donors (Lipinski definition) is 1. The Morgan fingerprint density at radius 2 is 1.54 bits per heavy atom. The standard InChI is InChI=1S/C29H33Cl2N3O4S/c1-3-4-17-32-29(36)27(18-22-11-7-5-8-12-22)33(20-23-13-9-6-10-14-23)28(35)21-34(39(2,37)38)26-19-24(30)15-16-25(26)31/h5-16,19,27H,3-4,17-18,20-21H2,1-2H3,(H,32,36). The maximum Gasteiger partial charge on any atom is 0.244 e. The second-order valence-corrected chi connectivity index (χ2v) is 12.0. The molecule has 10 heteroatoms. The van der Waals surface area contributed by atoms with Gasteiger partial charge >= 0.3 is 0 Å². The SMILES string of the molecule is CCCCNC(=O)C(Cc1ccccc1)N(Cc1ccccc1)C(=O)CN(c1cc(Cl)ccc1Cl)S(C)(=O)=O. The molecule has 0 saturated heterocycles. The second kappa shape index (κ2) is 14.4. The van der Waals surface area contributed by atoms with Gasteiger partial charge in [0.25, 0.3) is 0 Å². The fourth-order valence-corrected chi connectivity index (χ4v) is 5.40. The molecule has 0 spiro atoms. The highest BCUT2D eigenvalue weighted by Gasteiger charge is 2.33. The van der Waals surface area contributed by atoms with Crippen LogP contribution in [0.4, 0.5) is 5.69 Å². The Labute approximate surface area is 240 Å². The first kappa shape index (κ1) is 30.5. The lowest BCUT2D eigenvalue weighted by Crippen LogP contribution is -2.53. The third-order valence-corrected chi connectivity index (χ3v) is 7.83. The molecule has 0 aliphatic heterocycles.